The third-order valence-electron chi connectivity index (χ3n) is 3.89. The van der Waals surface area contributed by atoms with E-state index in [4.69, 9.17) is 9.31 Å². The van der Waals surface area contributed by atoms with Crippen LogP contribution in [0.1, 0.15) is 27.7 Å². The van der Waals surface area contributed by atoms with Crippen molar-refractivity contribution in [3.63, 3.8) is 0 Å². The van der Waals surface area contributed by atoms with Crippen molar-refractivity contribution in [1.29, 1.82) is 0 Å². The molecule has 1 aliphatic rings. The van der Waals surface area contributed by atoms with Gasteiger partial charge in [0.25, 0.3) is 0 Å². The van der Waals surface area contributed by atoms with E-state index >= 15 is 0 Å². The predicted molar refractivity (Wildman–Crippen MR) is 71.6 cm³/mol. The number of hydrogen-bond acceptors (Lipinski definition) is 3. The second kappa shape index (κ2) is 4.46. The smallest absolute Gasteiger partial charge is 0.399 e. The molecule has 1 aliphatic heterocycles. The summed E-state index contributed by atoms with van der Waals surface area (Å²) in [4.78, 5) is 0. The minimum absolute atomic E-state index is 0.0788. The molecule has 0 bridgehead atoms. The van der Waals surface area contributed by atoms with Gasteiger partial charge in [0.15, 0.2) is 11.6 Å². The molecule has 1 N–H and O–H groups in total. The summed E-state index contributed by atoms with van der Waals surface area (Å²) in [6, 6.07) is 2.95. The van der Waals surface area contributed by atoms with Crippen molar-refractivity contribution in [3.8, 4) is 0 Å². The Labute approximate surface area is 112 Å². The minimum Gasteiger partial charge on any atom is -0.399 e. The molecule has 0 radical (unpaired) electrons. The largest absolute Gasteiger partial charge is 0.497 e. The summed E-state index contributed by atoms with van der Waals surface area (Å²) in [5.74, 6) is -1.86. The highest BCUT2D eigenvalue weighted by Crippen LogP contribution is 2.36. The first-order chi connectivity index (χ1) is 8.69. The predicted octanol–water partition coefficient (Wildman–Crippen LogP) is 2.31. The fraction of sp³-hybridized carbons (Fsp3) is 0.538. The van der Waals surface area contributed by atoms with E-state index in [2.05, 4.69) is 5.32 Å². The molecule has 0 spiro atoms. The molecule has 1 fully saturated rings. The number of nitrogens with one attached hydrogen (secondary N) is 1. The maximum Gasteiger partial charge on any atom is 0.497 e. The third-order valence-corrected chi connectivity index (χ3v) is 3.89. The quantitative estimate of drug-likeness (QED) is 0.836. The number of benzene rings is 1. The van der Waals surface area contributed by atoms with Gasteiger partial charge in [-0.1, -0.05) is 6.07 Å². The van der Waals surface area contributed by atoms with Crippen LogP contribution < -0.4 is 10.8 Å². The average Bonchev–Trinajstić information content (AvgIpc) is 2.51. The Morgan fingerprint density at radius 2 is 1.53 bits per heavy atom. The fourth-order valence-corrected chi connectivity index (χ4v) is 1.91. The molecule has 104 valence electrons. The molecule has 0 amide bonds. The monoisotopic (exact) mass is 269 g/mol. The van der Waals surface area contributed by atoms with Gasteiger partial charge in [0, 0.05) is 12.5 Å². The number of halogens is 2. The number of anilines is 1. The van der Waals surface area contributed by atoms with Crippen LogP contribution in [0.2, 0.25) is 0 Å². The van der Waals surface area contributed by atoms with Crippen LogP contribution in [0.25, 0.3) is 0 Å². The molecule has 0 aliphatic carbocycles. The van der Waals surface area contributed by atoms with Crippen LogP contribution >= 0.6 is 0 Å². The summed E-state index contributed by atoms with van der Waals surface area (Å²) in [5.41, 5.74) is -0.974. The molecule has 0 atom stereocenters. The van der Waals surface area contributed by atoms with E-state index in [1.807, 2.05) is 27.7 Å². The first kappa shape index (κ1) is 14.3. The second-order valence-corrected chi connectivity index (χ2v) is 5.67. The molecule has 1 saturated heterocycles. The van der Waals surface area contributed by atoms with Gasteiger partial charge < -0.3 is 14.6 Å². The van der Waals surface area contributed by atoms with Crippen molar-refractivity contribution in [2.75, 3.05) is 12.4 Å². The lowest BCUT2D eigenvalue weighted by Gasteiger charge is -2.32. The Hall–Kier alpha value is -1.14. The lowest BCUT2D eigenvalue weighted by Crippen LogP contribution is -2.41. The molecular weight excluding hydrogens is 251 g/mol. The van der Waals surface area contributed by atoms with Gasteiger partial charge in [0.1, 0.15) is 0 Å². The van der Waals surface area contributed by atoms with Crippen molar-refractivity contribution in [2.45, 2.75) is 38.9 Å². The maximum absolute atomic E-state index is 14.0. The van der Waals surface area contributed by atoms with E-state index in [0.717, 1.165) is 0 Å². The topological polar surface area (TPSA) is 30.5 Å². The van der Waals surface area contributed by atoms with Gasteiger partial charge in [-0.25, -0.2) is 8.78 Å². The summed E-state index contributed by atoms with van der Waals surface area (Å²) in [6.07, 6.45) is 0. The summed E-state index contributed by atoms with van der Waals surface area (Å²) in [5, 5.41) is 2.59. The highest BCUT2D eigenvalue weighted by Gasteiger charge is 2.52. The van der Waals surface area contributed by atoms with E-state index in [1.54, 1.807) is 0 Å². The van der Waals surface area contributed by atoms with Gasteiger partial charge in [-0.2, -0.15) is 0 Å². The zero-order valence-electron chi connectivity index (χ0n) is 11.8. The number of rotatable bonds is 2. The van der Waals surface area contributed by atoms with Crippen LogP contribution in [0.4, 0.5) is 14.5 Å². The third kappa shape index (κ3) is 2.23. The van der Waals surface area contributed by atoms with Crippen molar-refractivity contribution in [3.05, 3.63) is 23.8 Å². The number of hydrogen-bond donors (Lipinski definition) is 1. The van der Waals surface area contributed by atoms with Crippen LogP contribution in [0.15, 0.2) is 12.1 Å². The van der Waals surface area contributed by atoms with Crippen molar-refractivity contribution < 1.29 is 18.1 Å². The Morgan fingerprint density at radius 1 is 1.00 bits per heavy atom. The first-order valence-corrected chi connectivity index (χ1v) is 6.21. The van der Waals surface area contributed by atoms with E-state index < -0.39 is 30.0 Å². The van der Waals surface area contributed by atoms with Crippen molar-refractivity contribution in [2.24, 2.45) is 0 Å². The molecule has 0 unspecified atom stereocenters. The van der Waals surface area contributed by atoms with Crippen LogP contribution in [0.3, 0.4) is 0 Å². The summed E-state index contributed by atoms with van der Waals surface area (Å²) < 4.78 is 39.2. The lowest BCUT2D eigenvalue weighted by atomic mass is 9.78. The fourth-order valence-electron chi connectivity index (χ4n) is 1.91. The van der Waals surface area contributed by atoms with Gasteiger partial charge in [0.2, 0.25) is 0 Å². The molecule has 1 aromatic carbocycles. The SMILES string of the molecule is CNc1ccc(B2OC(C)(C)C(C)(C)O2)c(F)c1F. The van der Waals surface area contributed by atoms with Crippen LogP contribution in [0, 0.1) is 11.6 Å². The summed E-state index contributed by atoms with van der Waals surface area (Å²) in [6.45, 7) is 7.46. The van der Waals surface area contributed by atoms with Crippen molar-refractivity contribution in [1.82, 2.24) is 0 Å². The highest BCUT2D eigenvalue weighted by atomic mass is 19.2. The van der Waals surface area contributed by atoms with E-state index in [9.17, 15) is 8.78 Å². The molecule has 1 aromatic rings. The zero-order chi connectivity index (χ0) is 14.4. The first-order valence-electron chi connectivity index (χ1n) is 6.21. The molecule has 3 nitrogen and oxygen atoms in total. The van der Waals surface area contributed by atoms with Gasteiger partial charge in [-0.15, -0.1) is 0 Å². The molecule has 1 heterocycles. The van der Waals surface area contributed by atoms with E-state index in [1.165, 1.54) is 19.2 Å². The van der Waals surface area contributed by atoms with Crippen LogP contribution in [0.5, 0.6) is 0 Å². The molecule has 2 rings (SSSR count). The van der Waals surface area contributed by atoms with Gasteiger partial charge in [-0.05, 0) is 33.8 Å². The maximum atomic E-state index is 14.0. The van der Waals surface area contributed by atoms with Crippen molar-refractivity contribution >= 4 is 18.3 Å². The van der Waals surface area contributed by atoms with Crippen LogP contribution in [-0.4, -0.2) is 25.4 Å². The molecule has 0 aromatic heterocycles. The molecule has 19 heavy (non-hydrogen) atoms. The normalized spacial score (nSPS) is 20.7. The Morgan fingerprint density at radius 3 is 2.00 bits per heavy atom. The molecule has 6 heteroatoms. The Kier molecular flexibility index (Phi) is 3.35. The highest BCUT2D eigenvalue weighted by molar-refractivity contribution is 6.62. The minimum atomic E-state index is -0.939. The standard InChI is InChI=1S/C13H18BF2NO2/c1-12(2)13(3,4)19-14(18-12)8-6-7-9(17-5)11(16)10(8)15/h6-7,17H,1-5H3. The van der Waals surface area contributed by atoms with E-state index in [-0.39, 0.29) is 11.2 Å². The lowest BCUT2D eigenvalue weighted by molar-refractivity contribution is 0.00578. The Bertz CT molecular complexity index is 490. The van der Waals surface area contributed by atoms with Gasteiger partial charge in [0.05, 0.1) is 16.9 Å². The zero-order valence-corrected chi connectivity index (χ0v) is 11.8. The molecular formula is C13H18BF2NO2. The van der Waals surface area contributed by atoms with E-state index in [0.29, 0.717) is 0 Å². The van der Waals surface area contributed by atoms with Gasteiger partial charge in [-0.3, -0.25) is 0 Å². The second-order valence-electron chi connectivity index (χ2n) is 5.67. The summed E-state index contributed by atoms with van der Waals surface area (Å²) >= 11 is 0. The Balaban J connectivity index is 2.38. The van der Waals surface area contributed by atoms with Crippen LogP contribution in [-0.2, 0) is 9.31 Å². The summed E-state index contributed by atoms with van der Waals surface area (Å²) in [7, 11) is 0.636. The average molecular weight is 269 g/mol. The van der Waals surface area contributed by atoms with Gasteiger partial charge >= 0.3 is 7.12 Å². The molecule has 0 saturated carbocycles.